The van der Waals surface area contributed by atoms with Crippen LogP contribution in [0.4, 0.5) is 0 Å². The second kappa shape index (κ2) is 12.0. The Kier molecular flexibility index (Phi) is 8.35. The van der Waals surface area contributed by atoms with Gasteiger partial charge in [-0.25, -0.2) is 0 Å². The van der Waals surface area contributed by atoms with E-state index >= 15 is 0 Å². The van der Waals surface area contributed by atoms with Crippen LogP contribution < -0.4 is 0 Å². The Morgan fingerprint density at radius 1 is 0.778 bits per heavy atom. The highest BCUT2D eigenvalue weighted by atomic mass is 16.3. The van der Waals surface area contributed by atoms with Gasteiger partial charge in [-0.1, -0.05) is 72.8 Å². The normalized spacial score (nSPS) is 10.9. The lowest BCUT2D eigenvalue weighted by Crippen LogP contribution is -2.46. The number of hydrogen-bond donors (Lipinski definition) is 0. The SMILES string of the molecule is CC(C)N(CC(=O)N(CCc1ccccc1)Cc1ccco1)C(=O)c1ccc(-c2ccccc2)cc1. The summed E-state index contributed by atoms with van der Waals surface area (Å²) in [5, 5.41) is 0. The first kappa shape index (κ1) is 25.0. The largest absolute Gasteiger partial charge is 0.467 e. The molecule has 5 nitrogen and oxygen atoms in total. The van der Waals surface area contributed by atoms with Gasteiger partial charge < -0.3 is 14.2 Å². The minimum atomic E-state index is -0.154. The molecule has 0 radical (unpaired) electrons. The Hall–Kier alpha value is -4.12. The third-order valence-corrected chi connectivity index (χ3v) is 6.22. The van der Waals surface area contributed by atoms with Crippen LogP contribution in [0.5, 0.6) is 0 Å². The first-order valence-corrected chi connectivity index (χ1v) is 12.3. The van der Waals surface area contributed by atoms with E-state index in [0.717, 1.165) is 28.9 Å². The standard InChI is InChI=1S/C31H32N2O3/c1-24(2)33(31(35)28-17-15-27(16-18-28)26-12-7-4-8-13-26)23-30(34)32(22-29-14-9-21-36-29)20-19-25-10-5-3-6-11-25/h3-18,21,24H,19-20,22-23H2,1-2H3. The van der Waals surface area contributed by atoms with Gasteiger partial charge in [0.15, 0.2) is 0 Å². The van der Waals surface area contributed by atoms with Gasteiger partial charge in [-0.05, 0) is 61.2 Å². The Morgan fingerprint density at radius 2 is 1.42 bits per heavy atom. The van der Waals surface area contributed by atoms with Crippen LogP contribution in [0, 0.1) is 0 Å². The van der Waals surface area contributed by atoms with Gasteiger partial charge in [0.2, 0.25) is 5.91 Å². The third kappa shape index (κ3) is 6.51. The zero-order valence-electron chi connectivity index (χ0n) is 20.8. The Morgan fingerprint density at radius 3 is 2.03 bits per heavy atom. The summed E-state index contributed by atoms with van der Waals surface area (Å²) in [5.41, 5.74) is 3.87. The van der Waals surface area contributed by atoms with Crippen molar-refractivity contribution < 1.29 is 14.0 Å². The van der Waals surface area contributed by atoms with Crippen molar-refractivity contribution in [2.75, 3.05) is 13.1 Å². The summed E-state index contributed by atoms with van der Waals surface area (Å²) >= 11 is 0. The predicted molar refractivity (Wildman–Crippen MR) is 142 cm³/mol. The van der Waals surface area contributed by atoms with Gasteiger partial charge in [-0.3, -0.25) is 9.59 Å². The predicted octanol–water partition coefficient (Wildman–Crippen LogP) is 6.07. The number of carbonyl (C=O) groups excluding carboxylic acids is 2. The fraction of sp³-hybridized carbons (Fsp3) is 0.226. The van der Waals surface area contributed by atoms with Crippen LogP contribution in [-0.4, -0.2) is 40.7 Å². The zero-order valence-corrected chi connectivity index (χ0v) is 20.8. The molecule has 0 bridgehead atoms. The van der Waals surface area contributed by atoms with Crippen molar-refractivity contribution in [3.63, 3.8) is 0 Å². The minimum absolute atomic E-state index is 0.00638. The molecule has 0 aliphatic rings. The van der Waals surface area contributed by atoms with Gasteiger partial charge in [-0.2, -0.15) is 0 Å². The molecule has 0 N–H and O–H groups in total. The molecule has 4 rings (SSSR count). The minimum Gasteiger partial charge on any atom is -0.467 e. The molecule has 36 heavy (non-hydrogen) atoms. The lowest BCUT2D eigenvalue weighted by Gasteiger charge is -2.30. The number of benzene rings is 3. The smallest absolute Gasteiger partial charge is 0.254 e. The molecule has 0 spiro atoms. The summed E-state index contributed by atoms with van der Waals surface area (Å²) in [6, 6.07) is 31.2. The second-order valence-corrected chi connectivity index (χ2v) is 9.10. The van der Waals surface area contributed by atoms with Crippen molar-refractivity contribution in [2.24, 2.45) is 0 Å². The molecule has 184 valence electrons. The molecule has 1 heterocycles. The highest BCUT2D eigenvalue weighted by Gasteiger charge is 2.25. The van der Waals surface area contributed by atoms with Crippen molar-refractivity contribution in [1.29, 1.82) is 0 Å². The van der Waals surface area contributed by atoms with E-state index in [0.29, 0.717) is 18.7 Å². The maximum atomic E-state index is 13.5. The van der Waals surface area contributed by atoms with Crippen LogP contribution >= 0.6 is 0 Å². The van der Waals surface area contributed by atoms with Gasteiger partial charge in [0, 0.05) is 18.2 Å². The van der Waals surface area contributed by atoms with Crippen molar-refractivity contribution in [3.8, 4) is 11.1 Å². The average Bonchev–Trinajstić information content (AvgIpc) is 3.43. The topological polar surface area (TPSA) is 53.8 Å². The summed E-state index contributed by atoms with van der Waals surface area (Å²) < 4.78 is 5.51. The van der Waals surface area contributed by atoms with E-state index in [9.17, 15) is 9.59 Å². The van der Waals surface area contributed by atoms with Crippen molar-refractivity contribution in [1.82, 2.24) is 9.80 Å². The van der Waals surface area contributed by atoms with Gasteiger partial charge in [0.25, 0.3) is 5.91 Å². The average molecular weight is 481 g/mol. The quantitative estimate of drug-likeness (QED) is 0.277. The van der Waals surface area contributed by atoms with Crippen LogP contribution in [0.3, 0.4) is 0 Å². The zero-order chi connectivity index (χ0) is 25.3. The lowest BCUT2D eigenvalue weighted by atomic mass is 10.0. The van der Waals surface area contributed by atoms with E-state index in [4.69, 9.17) is 4.42 Å². The van der Waals surface area contributed by atoms with Crippen LogP contribution in [-0.2, 0) is 17.8 Å². The molecule has 0 saturated carbocycles. The molecule has 4 aromatic rings. The van der Waals surface area contributed by atoms with Gasteiger partial charge >= 0.3 is 0 Å². The van der Waals surface area contributed by atoms with Crippen LogP contribution in [0.2, 0.25) is 0 Å². The van der Waals surface area contributed by atoms with Crippen molar-refractivity contribution >= 4 is 11.8 Å². The van der Waals surface area contributed by atoms with Gasteiger partial charge in [-0.15, -0.1) is 0 Å². The molecular weight excluding hydrogens is 448 g/mol. The van der Waals surface area contributed by atoms with E-state index in [1.165, 1.54) is 0 Å². The molecule has 0 unspecified atom stereocenters. The van der Waals surface area contributed by atoms with E-state index in [1.54, 1.807) is 16.1 Å². The third-order valence-electron chi connectivity index (χ3n) is 6.22. The maximum Gasteiger partial charge on any atom is 0.254 e. The summed E-state index contributed by atoms with van der Waals surface area (Å²) in [4.78, 5) is 30.3. The summed E-state index contributed by atoms with van der Waals surface area (Å²) in [6.07, 6.45) is 2.34. The summed E-state index contributed by atoms with van der Waals surface area (Å²) in [7, 11) is 0. The lowest BCUT2D eigenvalue weighted by molar-refractivity contribution is -0.133. The highest BCUT2D eigenvalue weighted by Crippen LogP contribution is 2.20. The monoisotopic (exact) mass is 480 g/mol. The molecule has 0 atom stereocenters. The number of nitrogens with zero attached hydrogens (tertiary/aromatic N) is 2. The maximum absolute atomic E-state index is 13.5. The highest BCUT2D eigenvalue weighted by molar-refractivity contribution is 5.97. The van der Waals surface area contributed by atoms with E-state index < -0.39 is 0 Å². The molecule has 0 saturated heterocycles. The van der Waals surface area contributed by atoms with Crippen molar-refractivity contribution in [2.45, 2.75) is 32.9 Å². The molecule has 5 heteroatoms. The van der Waals surface area contributed by atoms with E-state index in [-0.39, 0.29) is 24.4 Å². The number of carbonyl (C=O) groups is 2. The molecule has 2 amide bonds. The van der Waals surface area contributed by atoms with Crippen LogP contribution in [0.15, 0.2) is 108 Å². The first-order valence-electron chi connectivity index (χ1n) is 12.3. The first-order chi connectivity index (χ1) is 17.5. The number of hydrogen-bond acceptors (Lipinski definition) is 3. The summed E-state index contributed by atoms with van der Waals surface area (Å²) in [6.45, 7) is 4.78. The number of rotatable bonds is 10. The van der Waals surface area contributed by atoms with Crippen LogP contribution in [0.1, 0.15) is 35.5 Å². The second-order valence-electron chi connectivity index (χ2n) is 9.10. The summed E-state index contributed by atoms with van der Waals surface area (Å²) in [5.74, 6) is 0.458. The molecule has 0 fully saturated rings. The van der Waals surface area contributed by atoms with Gasteiger partial charge in [0.1, 0.15) is 12.3 Å². The fourth-order valence-electron chi connectivity index (χ4n) is 4.13. The van der Waals surface area contributed by atoms with E-state index in [1.807, 2.05) is 98.8 Å². The fourth-order valence-corrected chi connectivity index (χ4v) is 4.13. The molecular formula is C31H32N2O3. The number of furan rings is 1. The Bertz CT molecular complexity index is 1230. The number of amides is 2. The molecule has 0 aliphatic heterocycles. The van der Waals surface area contributed by atoms with Crippen molar-refractivity contribution in [3.05, 3.63) is 120 Å². The van der Waals surface area contributed by atoms with Crippen LogP contribution in [0.25, 0.3) is 11.1 Å². The molecule has 0 aliphatic carbocycles. The molecule has 3 aromatic carbocycles. The Balaban J connectivity index is 1.48. The Labute approximate surface area is 213 Å². The van der Waals surface area contributed by atoms with E-state index in [2.05, 4.69) is 12.1 Å². The van der Waals surface area contributed by atoms with Gasteiger partial charge in [0.05, 0.1) is 12.8 Å². The molecule has 1 aromatic heterocycles.